The molecule has 8 nitrogen and oxygen atoms in total. The van der Waals surface area contributed by atoms with E-state index >= 15 is 0 Å². The number of hydrogen-bond acceptors (Lipinski definition) is 5. The van der Waals surface area contributed by atoms with Crippen molar-refractivity contribution in [1.82, 2.24) is 5.32 Å². The Morgan fingerprint density at radius 3 is 2.23 bits per heavy atom. The highest BCUT2D eigenvalue weighted by Gasteiger charge is 2.31. The number of aliphatic hydroxyl groups excluding tert-OH is 1. The Balaban J connectivity index is 2.14. The summed E-state index contributed by atoms with van der Waals surface area (Å²) in [6.45, 7) is 0. The summed E-state index contributed by atoms with van der Waals surface area (Å²) in [5.74, 6) is -3.88. The van der Waals surface area contributed by atoms with E-state index in [9.17, 15) is 47.5 Å². The second-order valence-corrected chi connectivity index (χ2v) is 6.17. The van der Waals surface area contributed by atoms with Crippen molar-refractivity contribution in [3.8, 4) is 0 Å². The average Bonchev–Trinajstić information content (AvgIpc) is 2.67. The van der Waals surface area contributed by atoms with E-state index in [-0.39, 0.29) is 11.1 Å². The first kappa shape index (κ1) is 22.7. The fraction of sp³-hybridized carbons (Fsp3) is 0.222. The van der Waals surface area contributed by atoms with Gasteiger partial charge < -0.3 is 15.5 Å². The number of carbonyl (C=O) groups excluding carboxylic acids is 1. The number of aliphatic hydroxyl groups is 1. The van der Waals surface area contributed by atoms with Crippen LogP contribution in [0.25, 0.3) is 0 Å². The lowest BCUT2D eigenvalue weighted by Gasteiger charge is -2.18. The summed E-state index contributed by atoms with van der Waals surface area (Å²) in [4.78, 5) is 33.3. The lowest BCUT2D eigenvalue weighted by molar-refractivity contribution is -0.387. The van der Waals surface area contributed by atoms with Gasteiger partial charge in [0, 0.05) is 12.5 Å². The van der Waals surface area contributed by atoms with Gasteiger partial charge in [0.2, 0.25) is 5.82 Å². The molecule has 0 spiro atoms. The molecular formula is C18H14F4N2O6. The van der Waals surface area contributed by atoms with Gasteiger partial charge in [0.05, 0.1) is 10.5 Å². The SMILES string of the molecule is O=C(O)[C@@H](Cc1ccc(F)c([N+](=O)[O-])c1)NC(=O)[C@H](O)c1ccc(C(F)(F)F)cc1. The van der Waals surface area contributed by atoms with Crippen LogP contribution >= 0.6 is 0 Å². The molecule has 3 N–H and O–H groups in total. The van der Waals surface area contributed by atoms with Gasteiger partial charge in [0.1, 0.15) is 6.04 Å². The van der Waals surface area contributed by atoms with Gasteiger partial charge in [-0.05, 0) is 29.3 Å². The van der Waals surface area contributed by atoms with Gasteiger partial charge in [-0.25, -0.2) is 4.79 Å². The van der Waals surface area contributed by atoms with Gasteiger partial charge in [0.25, 0.3) is 5.91 Å². The number of carboxylic acids is 1. The van der Waals surface area contributed by atoms with Crippen molar-refractivity contribution in [1.29, 1.82) is 0 Å². The van der Waals surface area contributed by atoms with Gasteiger partial charge >= 0.3 is 17.8 Å². The van der Waals surface area contributed by atoms with Crippen LogP contribution < -0.4 is 5.32 Å². The summed E-state index contributed by atoms with van der Waals surface area (Å²) < 4.78 is 51.1. The fourth-order valence-electron chi connectivity index (χ4n) is 2.52. The highest BCUT2D eigenvalue weighted by atomic mass is 19.4. The van der Waals surface area contributed by atoms with Crippen LogP contribution in [0.4, 0.5) is 23.2 Å². The lowest BCUT2D eigenvalue weighted by Crippen LogP contribution is -2.44. The Morgan fingerprint density at radius 1 is 1.13 bits per heavy atom. The van der Waals surface area contributed by atoms with Crippen LogP contribution in [0.2, 0.25) is 0 Å². The molecule has 0 aliphatic carbocycles. The van der Waals surface area contributed by atoms with Crippen LogP contribution in [0.1, 0.15) is 22.8 Å². The first-order valence-electron chi connectivity index (χ1n) is 8.21. The van der Waals surface area contributed by atoms with E-state index < -0.39 is 58.6 Å². The van der Waals surface area contributed by atoms with E-state index in [1.165, 1.54) is 0 Å². The molecule has 2 rings (SSSR count). The molecule has 30 heavy (non-hydrogen) atoms. The summed E-state index contributed by atoms with van der Waals surface area (Å²) in [6, 6.07) is 4.06. The van der Waals surface area contributed by atoms with E-state index in [0.29, 0.717) is 12.1 Å². The largest absolute Gasteiger partial charge is 0.480 e. The minimum atomic E-state index is -4.61. The average molecular weight is 430 g/mol. The number of carbonyl (C=O) groups is 2. The molecule has 0 aliphatic heterocycles. The molecule has 0 radical (unpaired) electrons. The minimum Gasteiger partial charge on any atom is -0.480 e. The third kappa shape index (κ3) is 5.50. The third-order valence-corrected chi connectivity index (χ3v) is 4.06. The monoisotopic (exact) mass is 430 g/mol. The number of hydrogen-bond donors (Lipinski definition) is 3. The maximum Gasteiger partial charge on any atom is 0.416 e. The summed E-state index contributed by atoms with van der Waals surface area (Å²) in [5, 5.41) is 32.0. The zero-order chi connectivity index (χ0) is 22.6. The Hall–Kier alpha value is -3.54. The van der Waals surface area contributed by atoms with Gasteiger partial charge in [-0.15, -0.1) is 0 Å². The van der Waals surface area contributed by atoms with E-state index in [1.807, 2.05) is 5.32 Å². The smallest absolute Gasteiger partial charge is 0.416 e. The van der Waals surface area contributed by atoms with Crippen molar-refractivity contribution in [2.45, 2.75) is 24.7 Å². The van der Waals surface area contributed by atoms with Gasteiger partial charge in [-0.3, -0.25) is 14.9 Å². The second-order valence-electron chi connectivity index (χ2n) is 6.17. The van der Waals surface area contributed by atoms with E-state index in [4.69, 9.17) is 0 Å². The molecule has 0 fully saturated rings. The quantitative estimate of drug-likeness (QED) is 0.352. The lowest BCUT2D eigenvalue weighted by atomic mass is 10.0. The molecule has 0 bridgehead atoms. The number of nitrogens with zero attached hydrogens (tertiary/aromatic N) is 1. The standard InChI is InChI=1S/C18H14F4N2O6/c19-12-6-1-9(8-14(12)24(29)30)7-13(17(27)28)23-16(26)15(25)10-2-4-11(5-3-10)18(20,21)22/h1-6,8,13,15,25H,7H2,(H,23,26)(H,27,28)/t13-,15-/m1/s1. The highest BCUT2D eigenvalue weighted by molar-refractivity contribution is 5.87. The van der Waals surface area contributed by atoms with E-state index in [0.717, 1.165) is 30.3 Å². The number of nitro benzene ring substituents is 1. The summed E-state index contributed by atoms with van der Waals surface area (Å²) in [5.41, 5.74) is -2.06. The van der Waals surface area contributed by atoms with Crippen LogP contribution in [0.3, 0.4) is 0 Å². The van der Waals surface area contributed by atoms with E-state index in [2.05, 4.69) is 0 Å². The summed E-state index contributed by atoms with van der Waals surface area (Å²) in [6.07, 6.45) is -7.04. The Morgan fingerprint density at radius 2 is 1.73 bits per heavy atom. The van der Waals surface area contributed by atoms with Crippen molar-refractivity contribution < 1.29 is 42.3 Å². The molecule has 1 amide bonds. The van der Waals surface area contributed by atoms with Crippen molar-refractivity contribution in [3.05, 3.63) is 75.1 Å². The topological polar surface area (TPSA) is 130 Å². The molecule has 2 aromatic rings. The summed E-state index contributed by atoms with van der Waals surface area (Å²) in [7, 11) is 0. The van der Waals surface area contributed by atoms with Crippen molar-refractivity contribution in [2.24, 2.45) is 0 Å². The molecule has 2 atom stereocenters. The molecule has 0 saturated heterocycles. The first-order chi connectivity index (χ1) is 13.9. The maximum atomic E-state index is 13.4. The Labute approximate surface area is 165 Å². The first-order valence-corrected chi connectivity index (χ1v) is 8.21. The molecule has 160 valence electrons. The number of carboxylic acid groups (broad SMARTS) is 1. The fourth-order valence-corrected chi connectivity index (χ4v) is 2.52. The molecular weight excluding hydrogens is 416 g/mol. The Kier molecular flexibility index (Phi) is 6.72. The van der Waals surface area contributed by atoms with Crippen molar-refractivity contribution in [2.75, 3.05) is 0 Å². The third-order valence-electron chi connectivity index (χ3n) is 4.06. The molecule has 0 saturated carbocycles. The van der Waals surface area contributed by atoms with E-state index in [1.54, 1.807) is 0 Å². The van der Waals surface area contributed by atoms with Crippen LogP contribution in [0.5, 0.6) is 0 Å². The van der Waals surface area contributed by atoms with Crippen LogP contribution in [-0.2, 0) is 22.2 Å². The molecule has 12 heteroatoms. The predicted octanol–water partition coefficient (Wildman–Crippen LogP) is 2.60. The van der Waals surface area contributed by atoms with Crippen LogP contribution in [0, 0.1) is 15.9 Å². The zero-order valence-corrected chi connectivity index (χ0v) is 14.9. The van der Waals surface area contributed by atoms with Crippen molar-refractivity contribution >= 4 is 17.6 Å². The molecule has 0 aromatic heterocycles. The normalized spacial score (nSPS) is 13.4. The minimum absolute atomic E-state index is 0.0276. The number of rotatable bonds is 7. The molecule has 0 heterocycles. The summed E-state index contributed by atoms with van der Waals surface area (Å²) >= 11 is 0. The zero-order valence-electron chi connectivity index (χ0n) is 14.9. The van der Waals surface area contributed by atoms with Gasteiger partial charge in [0.15, 0.2) is 6.10 Å². The number of benzene rings is 2. The van der Waals surface area contributed by atoms with Crippen LogP contribution in [0.15, 0.2) is 42.5 Å². The number of alkyl halides is 3. The molecule has 0 aliphatic rings. The van der Waals surface area contributed by atoms with Gasteiger partial charge in [-0.1, -0.05) is 18.2 Å². The number of halogens is 4. The molecule has 2 aromatic carbocycles. The number of amides is 1. The molecule has 0 unspecified atom stereocenters. The highest BCUT2D eigenvalue weighted by Crippen LogP contribution is 2.30. The van der Waals surface area contributed by atoms with Crippen molar-refractivity contribution in [3.63, 3.8) is 0 Å². The van der Waals surface area contributed by atoms with Gasteiger partial charge in [-0.2, -0.15) is 17.6 Å². The second kappa shape index (κ2) is 8.86. The number of nitro groups is 1. The number of aliphatic carboxylic acids is 1. The predicted molar refractivity (Wildman–Crippen MR) is 92.7 cm³/mol. The maximum absolute atomic E-state index is 13.4. The number of nitrogens with one attached hydrogen (secondary N) is 1. The van der Waals surface area contributed by atoms with Crippen LogP contribution in [-0.4, -0.2) is 33.1 Å². The Bertz CT molecular complexity index is 962.